The number of carboxylic acid groups (broad SMARTS) is 1. The number of nitrogens with one attached hydrogen (secondary N) is 1. The van der Waals surface area contributed by atoms with Crippen LogP contribution in [0.2, 0.25) is 0 Å². The second-order valence-electron chi connectivity index (χ2n) is 5.94. The standard InChI is InChI=1S/C16H18N2O4S/c1-16(2,3)12-11(13(19)20)17-14(23-12)18-15(21)22-9-10-7-5-4-6-8-10/h4-8H,9H2,1-3H3,(H,19,20)(H,17,18,21). The van der Waals surface area contributed by atoms with E-state index in [0.717, 1.165) is 16.9 Å². The van der Waals surface area contributed by atoms with Crippen molar-refractivity contribution in [1.82, 2.24) is 4.98 Å². The van der Waals surface area contributed by atoms with Crippen molar-refractivity contribution in [2.24, 2.45) is 0 Å². The summed E-state index contributed by atoms with van der Waals surface area (Å²) >= 11 is 1.14. The third kappa shape index (κ3) is 4.53. The Labute approximate surface area is 138 Å². The number of carboxylic acids is 1. The van der Waals surface area contributed by atoms with E-state index in [1.807, 2.05) is 51.1 Å². The number of nitrogens with zero attached hydrogens (tertiary/aromatic N) is 1. The normalized spacial score (nSPS) is 11.1. The number of thiazole rings is 1. The summed E-state index contributed by atoms with van der Waals surface area (Å²) in [5.74, 6) is -1.11. The minimum atomic E-state index is -1.11. The van der Waals surface area contributed by atoms with Gasteiger partial charge in [0.05, 0.1) is 0 Å². The lowest BCUT2D eigenvalue weighted by atomic mass is 9.93. The van der Waals surface area contributed by atoms with Gasteiger partial charge in [0.2, 0.25) is 0 Å². The number of ether oxygens (including phenoxy) is 1. The van der Waals surface area contributed by atoms with Crippen LogP contribution in [0.1, 0.15) is 41.7 Å². The zero-order chi connectivity index (χ0) is 17.0. The van der Waals surface area contributed by atoms with Crippen molar-refractivity contribution in [3.05, 3.63) is 46.5 Å². The molecule has 0 saturated heterocycles. The van der Waals surface area contributed by atoms with Crippen molar-refractivity contribution in [3.63, 3.8) is 0 Å². The first kappa shape index (κ1) is 17.0. The molecule has 0 aliphatic carbocycles. The number of amides is 1. The molecule has 0 unspecified atom stereocenters. The van der Waals surface area contributed by atoms with Crippen LogP contribution in [-0.4, -0.2) is 22.2 Å². The molecular formula is C16H18N2O4S. The van der Waals surface area contributed by atoms with E-state index in [2.05, 4.69) is 10.3 Å². The van der Waals surface area contributed by atoms with E-state index in [-0.39, 0.29) is 22.8 Å². The van der Waals surface area contributed by atoms with Crippen LogP contribution < -0.4 is 5.32 Å². The zero-order valence-corrected chi connectivity index (χ0v) is 13.9. The van der Waals surface area contributed by atoms with Crippen molar-refractivity contribution in [2.45, 2.75) is 32.8 Å². The Morgan fingerprint density at radius 2 is 1.91 bits per heavy atom. The third-order valence-corrected chi connectivity index (χ3v) is 4.33. The van der Waals surface area contributed by atoms with Gasteiger partial charge in [-0.3, -0.25) is 5.32 Å². The number of aromatic nitrogens is 1. The molecule has 0 spiro atoms. The second-order valence-corrected chi connectivity index (χ2v) is 6.94. The quantitative estimate of drug-likeness (QED) is 0.885. The van der Waals surface area contributed by atoms with Gasteiger partial charge in [-0.15, -0.1) is 11.3 Å². The predicted octanol–water partition coefficient (Wildman–Crippen LogP) is 3.89. The molecule has 2 rings (SSSR count). The molecule has 1 aromatic carbocycles. The molecule has 0 saturated carbocycles. The lowest BCUT2D eigenvalue weighted by Gasteiger charge is -2.16. The molecular weight excluding hydrogens is 316 g/mol. The van der Waals surface area contributed by atoms with Gasteiger partial charge in [0.25, 0.3) is 0 Å². The highest BCUT2D eigenvalue weighted by Crippen LogP contribution is 2.34. The molecule has 7 heteroatoms. The minimum absolute atomic E-state index is 0.0409. The first-order valence-corrected chi connectivity index (χ1v) is 7.81. The largest absolute Gasteiger partial charge is 0.476 e. The lowest BCUT2D eigenvalue weighted by molar-refractivity contribution is 0.0688. The van der Waals surface area contributed by atoms with Crippen LogP contribution in [0.25, 0.3) is 0 Å². The van der Waals surface area contributed by atoms with Crippen molar-refractivity contribution in [2.75, 3.05) is 5.32 Å². The van der Waals surface area contributed by atoms with Gasteiger partial charge < -0.3 is 9.84 Å². The molecule has 1 amide bonds. The molecule has 0 aliphatic rings. The fourth-order valence-corrected chi connectivity index (χ4v) is 2.87. The number of anilines is 1. The third-order valence-electron chi connectivity index (χ3n) is 2.93. The van der Waals surface area contributed by atoms with Crippen molar-refractivity contribution in [1.29, 1.82) is 0 Å². The number of hydrogen-bond donors (Lipinski definition) is 2. The maximum absolute atomic E-state index is 11.8. The number of hydrogen-bond acceptors (Lipinski definition) is 5. The first-order chi connectivity index (χ1) is 10.8. The topological polar surface area (TPSA) is 88.5 Å². The second kappa shape index (κ2) is 6.78. The number of aromatic carboxylic acids is 1. The van der Waals surface area contributed by atoms with E-state index in [9.17, 15) is 14.7 Å². The SMILES string of the molecule is CC(C)(C)c1sc(NC(=O)OCc2ccccc2)nc1C(=O)O. The van der Waals surface area contributed by atoms with Crippen molar-refractivity contribution >= 4 is 28.5 Å². The highest BCUT2D eigenvalue weighted by atomic mass is 32.1. The molecule has 1 heterocycles. The molecule has 2 aromatic rings. The van der Waals surface area contributed by atoms with Crippen LogP contribution in [0.3, 0.4) is 0 Å². The van der Waals surface area contributed by atoms with Crippen LogP contribution >= 0.6 is 11.3 Å². The van der Waals surface area contributed by atoms with Crippen molar-refractivity contribution < 1.29 is 19.4 Å². The first-order valence-electron chi connectivity index (χ1n) is 6.99. The predicted molar refractivity (Wildman–Crippen MR) is 88.0 cm³/mol. The van der Waals surface area contributed by atoms with Gasteiger partial charge in [0.15, 0.2) is 10.8 Å². The molecule has 0 bridgehead atoms. The van der Waals surface area contributed by atoms with Crippen LogP contribution in [0, 0.1) is 0 Å². The fourth-order valence-electron chi connectivity index (χ4n) is 1.87. The molecule has 0 atom stereocenters. The van der Waals surface area contributed by atoms with E-state index >= 15 is 0 Å². The molecule has 2 N–H and O–H groups in total. The summed E-state index contributed by atoms with van der Waals surface area (Å²) in [5.41, 5.74) is 0.448. The number of rotatable bonds is 4. The van der Waals surface area contributed by atoms with Gasteiger partial charge in [-0.1, -0.05) is 51.1 Å². The Morgan fingerprint density at radius 3 is 2.43 bits per heavy atom. The van der Waals surface area contributed by atoms with E-state index in [4.69, 9.17) is 4.74 Å². The Morgan fingerprint density at radius 1 is 1.26 bits per heavy atom. The Kier molecular flexibility index (Phi) is 5.00. The smallest absolute Gasteiger partial charge is 0.413 e. The maximum Gasteiger partial charge on any atom is 0.413 e. The zero-order valence-electron chi connectivity index (χ0n) is 13.1. The van der Waals surface area contributed by atoms with E-state index in [1.165, 1.54) is 0 Å². The average Bonchev–Trinajstić information content (AvgIpc) is 2.90. The Balaban J connectivity index is 2.05. The maximum atomic E-state index is 11.8. The van der Waals surface area contributed by atoms with Gasteiger partial charge in [-0.2, -0.15) is 0 Å². The van der Waals surface area contributed by atoms with E-state index < -0.39 is 12.1 Å². The van der Waals surface area contributed by atoms with E-state index in [0.29, 0.717) is 4.88 Å². The van der Waals surface area contributed by atoms with Crippen molar-refractivity contribution in [3.8, 4) is 0 Å². The molecule has 1 aromatic heterocycles. The van der Waals surface area contributed by atoms with Gasteiger partial charge in [-0.05, 0) is 11.0 Å². The van der Waals surface area contributed by atoms with Crippen LogP contribution in [-0.2, 0) is 16.8 Å². The summed E-state index contributed by atoms with van der Waals surface area (Å²) < 4.78 is 5.10. The summed E-state index contributed by atoms with van der Waals surface area (Å²) in [6.07, 6.45) is -0.667. The van der Waals surface area contributed by atoms with Gasteiger partial charge in [0.1, 0.15) is 6.61 Å². The van der Waals surface area contributed by atoms with Crippen LogP contribution in [0.4, 0.5) is 9.93 Å². The molecule has 0 fully saturated rings. The lowest BCUT2D eigenvalue weighted by Crippen LogP contribution is -2.14. The van der Waals surface area contributed by atoms with Crippen LogP contribution in [0.15, 0.2) is 30.3 Å². The molecule has 23 heavy (non-hydrogen) atoms. The molecule has 122 valence electrons. The van der Waals surface area contributed by atoms with Crippen LogP contribution in [0.5, 0.6) is 0 Å². The van der Waals surface area contributed by atoms with Gasteiger partial charge in [0, 0.05) is 4.88 Å². The average molecular weight is 334 g/mol. The minimum Gasteiger partial charge on any atom is -0.476 e. The molecule has 0 radical (unpaired) electrons. The van der Waals surface area contributed by atoms with Gasteiger partial charge in [-0.25, -0.2) is 14.6 Å². The number of benzene rings is 1. The van der Waals surface area contributed by atoms with Gasteiger partial charge >= 0.3 is 12.1 Å². The summed E-state index contributed by atoms with van der Waals surface area (Å²) in [7, 11) is 0. The number of carbonyl (C=O) groups is 2. The highest BCUT2D eigenvalue weighted by Gasteiger charge is 2.27. The highest BCUT2D eigenvalue weighted by molar-refractivity contribution is 7.16. The molecule has 6 nitrogen and oxygen atoms in total. The fraction of sp³-hybridized carbons (Fsp3) is 0.312. The number of carbonyl (C=O) groups excluding carboxylic acids is 1. The summed E-state index contributed by atoms with van der Waals surface area (Å²) in [4.78, 5) is 27.7. The molecule has 0 aliphatic heterocycles. The summed E-state index contributed by atoms with van der Waals surface area (Å²) in [6.45, 7) is 5.81. The monoisotopic (exact) mass is 334 g/mol. The van der Waals surface area contributed by atoms with E-state index in [1.54, 1.807) is 0 Å². The Hall–Kier alpha value is -2.41. The Bertz CT molecular complexity index is 705. The summed E-state index contributed by atoms with van der Waals surface area (Å²) in [6, 6.07) is 9.27. The summed E-state index contributed by atoms with van der Waals surface area (Å²) in [5, 5.41) is 11.9.